The van der Waals surface area contributed by atoms with Crippen molar-refractivity contribution >= 4 is 22.3 Å². The van der Waals surface area contributed by atoms with Gasteiger partial charge in [-0.25, -0.2) is 14.6 Å². The molecular weight excluding hydrogens is 274 g/mol. The average molecular weight is 285 g/mol. The molecule has 0 unspecified atom stereocenters. The van der Waals surface area contributed by atoms with Crippen LogP contribution in [0.5, 0.6) is 0 Å². The monoisotopic (exact) mass is 285 g/mol. The molecule has 0 amide bonds. The van der Waals surface area contributed by atoms with Gasteiger partial charge in [0.05, 0.1) is 0 Å². The summed E-state index contributed by atoms with van der Waals surface area (Å²) in [6.07, 6.45) is 3.21. The van der Waals surface area contributed by atoms with E-state index in [0.29, 0.717) is 15.8 Å². The summed E-state index contributed by atoms with van der Waals surface area (Å²) >= 11 is 1.22. The van der Waals surface area contributed by atoms with Crippen LogP contribution in [0.4, 0.5) is 5.13 Å². The van der Waals surface area contributed by atoms with Crippen LogP contribution in [-0.2, 0) is 6.42 Å². The maximum Gasteiger partial charge on any atom is 0.188 e. The van der Waals surface area contributed by atoms with E-state index in [1.165, 1.54) is 28.7 Å². The molecule has 3 rings (SSSR count). The van der Waals surface area contributed by atoms with Gasteiger partial charge in [0, 0.05) is 6.42 Å². The minimum atomic E-state index is -0.0883. The van der Waals surface area contributed by atoms with E-state index in [0.717, 1.165) is 5.56 Å². The van der Waals surface area contributed by atoms with Gasteiger partial charge in [-0.05, 0) is 5.56 Å². The lowest BCUT2D eigenvalue weighted by molar-refractivity contribution is 0.0989. The Balaban J connectivity index is 1.92. The molecule has 0 aliphatic carbocycles. The molecule has 0 aliphatic rings. The van der Waals surface area contributed by atoms with Gasteiger partial charge < -0.3 is 5.73 Å². The third kappa shape index (κ3) is 2.43. The van der Waals surface area contributed by atoms with Gasteiger partial charge in [-0.1, -0.05) is 41.7 Å². The largest absolute Gasteiger partial charge is 0.375 e. The Labute approximate surface area is 118 Å². The van der Waals surface area contributed by atoms with Gasteiger partial charge in [0.25, 0.3) is 0 Å². The first-order valence-electron chi connectivity index (χ1n) is 5.92. The van der Waals surface area contributed by atoms with E-state index in [1.54, 1.807) is 0 Å². The van der Waals surface area contributed by atoms with Crippen LogP contribution < -0.4 is 5.73 Å². The minimum absolute atomic E-state index is 0.0883. The molecule has 0 saturated carbocycles. The molecule has 0 radical (unpaired) electrons. The van der Waals surface area contributed by atoms with Crippen molar-refractivity contribution < 1.29 is 4.79 Å². The van der Waals surface area contributed by atoms with Crippen LogP contribution in [0.25, 0.3) is 5.00 Å². The first kappa shape index (κ1) is 12.5. The molecule has 100 valence electrons. The van der Waals surface area contributed by atoms with Crippen LogP contribution in [0, 0.1) is 0 Å². The standard InChI is InChI=1S/C13H11N5OS/c14-13-17-11(12(20-13)18-8-15-7-16-18)10(19)6-9-4-2-1-3-5-9/h1-5,7-8H,6H2,(H2,14,17). The fourth-order valence-corrected chi connectivity index (χ4v) is 2.62. The molecule has 2 aromatic heterocycles. The predicted molar refractivity (Wildman–Crippen MR) is 75.9 cm³/mol. The number of thiazole rings is 1. The summed E-state index contributed by atoms with van der Waals surface area (Å²) in [6.45, 7) is 0. The summed E-state index contributed by atoms with van der Waals surface area (Å²) in [4.78, 5) is 20.4. The fraction of sp³-hybridized carbons (Fsp3) is 0.0769. The number of rotatable bonds is 4. The van der Waals surface area contributed by atoms with Crippen LogP contribution in [0.1, 0.15) is 16.1 Å². The van der Waals surface area contributed by atoms with E-state index in [4.69, 9.17) is 5.73 Å². The lowest BCUT2D eigenvalue weighted by Crippen LogP contribution is -2.08. The van der Waals surface area contributed by atoms with Crippen molar-refractivity contribution in [1.82, 2.24) is 19.7 Å². The van der Waals surface area contributed by atoms with Crippen molar-refractivity contribution in [3.05, 3.63) is 54.2 Å². The molecule has 6 nitrogen and oxygen atoms in total. The zero-order chi connectivity index (χ0) is 13.9. The zero-order valence-electron chi connectivity index (χ0n) is 10.4. The number of ketones is 1. The number of Topliss-reactive ketones (excluding diaryl/α,β-unsaturated/α-hetero) is 1. The van der Waals surface area contributed by atoms with Crippen LogP contribution in [0.2, 0.25) is 0 Å². The van der Waals surface area contributed by atoms with Crippen molar-refractivity contribution in [3.63, 3.8) is 0 Å². The Morgan fingerprint density at radius 3 is 2.80 bits per heavy atom. The molecule has 2 heterocycles. The van der Waals surface area contributed by atoms with Crippen molar-refractivity contribution in [2.75, 3.05) is 5.73 Å². The molecule has 0 saturated heterocycles. The molecule has 0 bridgehead atoms. The Morgan fingerprint density at radius 1 is 1.30 bits per heavy atom. The summed E-state index contributed by atoms with van der Waals surface area (Å²) in [5.41, 5.74) is 6.98. The van der Waals surface area contributed by atoms with Crippen molar-refractivity contribution in [2.45, 2.75) is 6.42 Å². The SMILES string of the molecule is Nc1nc(C(=O)Cc2ccccc2)c(-n2cncn2)s1. The number of hydrogen-bond acceptors (Lipinski definition) is 6. The Bertz CT molecular complexity index is 721. The number of anilines is 1. The lowest BCUT2D eigenvalue weighted by atomic mass is 10.1. The minimum Gasteiger partial charge on any atom is -0.375 e. The maximum absolute atomic E-state index is 12.4. The summed E-state index contributed by atoms with van der Waals surface area (Å²) in [6, 6.07) is 9.52. The molecule has 0 aliphatic heterocycles. The number of aromatic nitrogens is 4. The number of nitrogen functional groups attached to an aromatic ring is 1. The van der Waals surface area contributed by atoms with Crippen molar-refractivity contribution in [2.24, 2.45) is 0 Å². The topological polar surface area (TPSA) is 86.7 Å². The van der Waals surface area contributed by atoms with Gasteiger partial charge in [0.2, 0.25) is 0 Å². The highest BCUT2D eigenvalue weighted by Crippen LogP contribution is 2.25. The van der Waals surface area contributed by atoms with Gasteiger partial charge in [0.1, 0.15) is 18.3 Å². The highest BCUT2D eigenvalue weighted by atomic mass is 32.1. The van der Waals surface area contributed by atoms with E-state index in [9.17, 15) is 4.79 Å². The summed E-state index contributed by atoms with van der Waals surface area (Å²) in [5.74, 6) is -0.0883. The lowest BCUT2D eigenvalue weighted by Gasteiger charge is -2.01. The molecule has 2 N–H and O–H groups in total. The molecule has 7 heteroatoms. The van der Waals surface area contributed by atoms with Crippen LogP contribution in [0.15, 0.2) is 43.0 Å². The molecule has 0 fully saturated rings. The van der Waals surface area contributed by atoms with E-state index in [2.05, 4.69) is 15.1 Å². The van der Waals surface area contributed by atoms with Crippen molar-refractivity contribution in [1.29, 1.82) is 0 Å². The van der Waals surface area contributed by atoms with Gasteiger partial charge >= 0.3 is 0 Å². The molecule has 0 atom stereocenters. The van der Waals surface area contributed by atoms with Crippen LogP contribution in [-0.4, -0.2) is 25.5 Å². The van der Waals surface area contributed by atoms with Crippen LogP contribution >= 0.6 is 11.3 Å². The third-order valence-corrected chi connectivity index (χ3v) is 3.60. The number of carbonyl (C=O) groups is 1. The summed E-state index contributed by atoms with van der Waals surface area (Å²) in [7, 11) is 0. The second-order valence-corrected chi connectivity index (χ2v) is 5.14. The van der Waals surface area contributed by atoms with Crippen LogP contribution in [0.3, 0.4) is 0 Å². The van der Waals surface area contributed by atoms with E-state index >= 15 is 0 Å². The number of nitrogens with two attached hydrogens (primary N) is 1. The Kier molecular flexibility index (Phi) is 3.26. The van der Waals surface area contributed by atoms with E-state index in [1.807, 2.05) is 30.3 Å². The highest BCUT2D eigenvalue weighted by molar-refractivity contribution is 7.18. The number of carbonyl (C=O) groups excluding carboxylic acids is 1. The number of hydrogen-bond donors (Lipinski definition) is 1. The van der Waals surface area contributed by atoms with Gasteiger partial charge in [0.15, 0.2) is 15.9 Å². The fourth-order valence-electron chi connectivity index (χ4n) is 1.84. The van der Waals surface area contributed by atoms with Gasteiger partial charge in [-0.2, -0.15) is 5.10 Å². The smallest absolute Gasteiger partial charge is 0.188 e. The van der Waals surface area contributed by atoms with E-state index < -0.39 is 0 Å². The average Bonchev–Trinajstić information content (AvgIpc) is 3.08. The van der Waals surface area contributed by atoms with Gasteiger partial charge in [-0.15, -0.1) is 0 Å². The first-order valence-corrected chi connectivity index (χ1v) is 6.74. The summed E-state index contributed by atoms with van der Waals surface area (Å²) in [5, 5.41) is 4.96. The molecule has 1 aromatic carbocycles. The molecule has 20 heavy (non-hydrogen) atoms. The first-order chi connectivity index (χ1) is 9.74. The molecule has 0 spiro atoms. The van der Waals surface area contributed by atoms with E-state index in [-0.39, 0.29) is 12.2 Å². The highest BCUT2D eigenvalue weighted by Gasteiger charge is 2.19. The maximum atomic E-state index is 12.4. The second kappa shape index (κ2) is 5.22. The van der Waals surface area contributed by atoms with Gasteiger partial charge in [-0.3, -0.25) is 4.79 Å². The second-order valence-electron chi connectivity index (χ2n) is 4.13. The normalized spacial score (nSPS) is 10.6. The predicted octanol–water partition coefficient (Wildman–Crippen LogP) is 1.73. The Morgan fingerprint density at radius 2 is 2.10 bits per heavy atom. The summed E-state index contributed by atoms with van der Waals surface area (Å²) < 4.78 is 1.51. The Hall–Kier alpha value is -2.54. The van der Waals surface area contributed by atoms with Crippen molar-refractivity contribution in [3.8, 4) is 5.00 Å². The third-order valence-electron chi connectivity index (χ3n) is 2.72. The number of nitrogens with zero attached hydrogens (tertiary/aromatic N) is 4. The number of benzene rings is 1. The quantitative estimate of drug-likeness (QED) is 0.738. The zero-order valence-corrected chi connectivity index (χ0v) is 11.2. The molecular formula is C13H11N5OS. The molecule has 3 aromatic rings.